The summed E-state index contributed by atoms with van der Waals surface area (Å²) in [6.45, 7) is 18.2. The Bertz CT molecular complexity index is 1570. The quantitative estimate of drug-likeness (QED) is 0.139. The molecule has 5 aliphatic rings. The van der Waals surface area contributed by atoms with Crippen molar-refractivity contribution in [1.82, 2.24) is 0 Å². The molecule has 0 heterocycles. The molecule has 7 heteroatoms. The van der Waals surface area contributed by atoms with Gasteiger partial charge in [-0.05, 0) is 127 Å². The first-order valence-electron chi connectivity index (χ1n) is 18.6. The molecule has 0 aliphatic heterocycles. The summed E-state index contributed by atoms with van der Waals surface area (Å²) in [5.41, 5.74) is 1.54. The normalized spacial score (nSPS) is 40.9. The third-order valence-electron chi connectivity index (χ3n) is 15.5. The lowest BCUT2D eigenvalue weighted by Crippen LogP contribution is -2.65. The van der Waals surface area contributed by atoms with Crippen LogP contribution in [0.4, 0.5) is 0 Å². The second-order valence-electron chi connectivity index (χ2n) is 17.7. The largest absolute Gasteiger partial charge is 0.493 e. The van der Waals surface area contributed by atoms with E-state index in [0.29, 0.717) is 35.2 Å². The van der Waals surface area contributed by atoms with E-state index in [1.165, 1.54) is 25.7 Å². The molecule has 3 unspecified atom stereocenters. The Labute approximate surface area is 293 Å². The van der Waals surface area contributed by atoms with Crippen molar-refractivity contribution in [3.63, 3.8) is 0 Å². The van der Waals surface area contributed by atoms with Crippen LogP contribution in [0, 0.1) is 56.7 Å². The molecule has 0 radical (unpaired) electrons. The highest BCUT2D eigenvalue weighted by Crippen LogP contribution is 2.75. The summed E-state index contributed by atoms with van der Waals surface area (Å²) in [6.07, 6.45) is 14.1. The third kappa shape index (κ3) is 5.39. The van der Waals surface area contributed by atoms with Gasteiger partial charge in [0.05, 0.1) is 12.5 Å². The molecule has 49 heavy (non-hydrogen) atoms. The Hall–Kier alpha value is -3.09. The predicted octanol–water partition coefficient (Wildman–Crippen LogP) is 9.29. The summed E-state index contributed by atoms with van der Waals surface area (Å²) in [7, 11) is 1.51. The number of methoxy groups -OCH3 is 1. The molecule has 5 aliphatic carbocycles. The minimum absolute atomic E-state index is 0.0177. The molecule has 0 saturated heterocycles. The number of carboxylic acid groups (broad SMARTS) is 1. The van der Waals surface area contributed by atoms with E-state index in [9.17, 15) is 19.5 Å². The smallest absolute Gasteiger partial charge is 0.331 e. The number of carbonyl (C=O) groups excluding carboxylic acids is 2. The molecule has 0 amide bonds. The Morgan fingerprint density at radius 1 is 0.898 bits per heavy atom. The SMILES string of the molecule is COc1cc(/C=C/C(=O)O[C@H]2CC[C@@]3(C)C(CC[C@]4(C)C3CC=C3C5[C@@H](C)[C@H](C)CC[C@]5(C(=O)O)CC[C@]34C)C2(C)C)ccc1OC(C)=O. The maximum Gasteiger partial charge on any atom is 0.331 e. The molecule has 0 spiro atoms. The summed E-state index contributed by atoms with van der Waals surface area (Å²) in [4.78, 5) is 37.7. The maximum absolute atomic E-state index is 13.2. The van der Waals surface area contributed by atoms with Crippen molar-refractivity contribution in [2.45, 2.75) is 119 Å². The summed E-state index contributed by atoms with van der Waals surface area (Å²) >= 11 is 0. The number of ether oxygens (including phenoxy) is 3. The zero-order valence-corrected chi connectivity index (χ0v) is 31.2. The van der Waals surface area contributed by atoms with Crippen LogP contribution in [-0.2, 0) is 19.1 Å². The van der Waals surface area contributed by atoms with Crippen LogP contribution < -0.4 is 9.47 Å². The maximum atomic E-state index is 13.2. The molecule has 4 fully saturated rings. The zero-order chi connectivity index (χ0) is 35.7. The number of hydrogen-bond donors (Lipinski definition) is 1. The number of allylic oxidation sites excluding steroid dienone is 2. The van der Waals surface area contributed by atoms with Gasteiger partial charge in [0.25, 0.3) is 0 Å². The molecule has 1 N–H and O–H groups in total. The Balaban J connectivity index is 1.22. The van der Waals surface area contributed by atoms with Gasteiger partial charge in [-0.1, -0.05) is 66.2 Å². The van der Waals surface area contributed by atoms with Gasteiger partial charge in [0.15, 0.2) is 11.5 Å². The fraction of sp³-hybridized carbons (Fsp3) is 0.690. The van der Waals surface area contributed by atoms with E-state index >= 15 is 0 Å². The fourth-order valence-electron chi connectivity index (χ4n) is 12.4. The molecule has 4 saturated carbocycles. The second-order valence-corrected chi connectivity index (χ2v) is 17.7. The number of rotatable bonds is 6. The van der Waals surface area contributed by atoms with Gasteiger partial charge in [-0.2, -0.15) is 0 Å². The zero-order valence-electron chi connectivity index (χ0n) is 31.2. The van der Waals surface area contributed by atoms with Crippen LogP contribution in [0.15, 0.2) is 35.9 Å². The average molecular weight is 675 g/mol. The Morgan fingerprint density at radius 2 is 1.63 bits per heavy atom. The van der Waals surface area contributed by atoms with E-state index in [0.717, 1.165) is 63.4 Å². The van der Waals surface area contributed by atoms with Crippen molar-refractivity contribution in [2.75, 3.05) is 7.11 Å². The van der Waals surface area contributed by atoms with E-state index in [2.05, 4.69) is 54.5 Å². The molecule has 6 rings (SSSR count). The van der Waals surface area contributed by atoms with Gasteiger partial charge in [-0.15, -0.1) is 0 Å². The summed E-state index contributed by atoms with van der Waals surface area (Å²) < 4.78 is 16.8. The topological polar surface area (TPSA) is 99.1 Å². The van der Waals surface area contributed by atoms with Crippen LogP contribution in [0.5, 0.6) is 11.5 Å². The highest BCUT2D eigenvalue weighted by Gasteiger charge is 2.69. The number of hydrogen-bond acceptors (Lipinski definition) is 6. The first-order chi connectivity index (χ1) is 22.9. The van der Waals surface area contributed by atoms with Gasteiger partial charge in [0.1, 0.15) is 6.10 Å². The minimum Gasteiger partial charge on any atom is -0.493 e. The molecule has 0 bridgehead atoms. The summed E-state index contributed by atoms with van der Waals surface area (Å²) in [5.74, 6) is 1.28. The van der Waals surface area contributed by atoms with Crippen molar-refractivity contribution < 1.29 is 33.7 Å². The van der Waals surface area contributed by atoms with Crippen molar-refractivity contribution in [2.24, 2.45) is 56.7 Å². The van der Waals surface area contributed by atoms with Gasteiger partial charge in [0.2, 0.25) is 0 Å². The van der Waals surface area contributed by atoms with Gasteiger partial charge in [0, 0.05) is 18.4 Å². The average Bonchev–Trinajstić information content (AvgIpc) is 3.03. The highest BCUT2D eigenvalue weighted by atomic mass is 16.6. The molecule has 0 aromatic heterocycles. The van der Waals surface area contributed by atoms with Crippen molar-refractivity contribution in [3.8, 4) is 11.5 Å². The molecular weight excluding hydrogens is 616 g/mol. The van der Waals surface area contributed by atoms with Crippen LogP contribution in [0.25, 0.3) is 6.08 Å². The standard InChI is InChI=1S/C42H58O7/c1-25-16-21-42(37(45)46)23-22-40(7)29(36(42)26(25)2)12-14-33-39(6)19-18-34(38(4,5)32(39)17-20-41(33,40)8)49-35(44)15-11-28-10-13-30(48-27(3)43)31(24-28)47-9/h10-13,15,24-26,32-34,36H,14,16-23H2,1-9H3,(H,45,46)/b15-11+/t25-,26+,32?,33?,34+,36?,39+,40-,41-,42+/m1/s1. The van der Waals surface area contributed by atoms with E-state index < -0.39 is 17.4 Å². The van der Waals surface area contributed by atoms with Gasteiger partial charge >= 0.3 is 17.9 Å². The Kier molecular flexibility index (Phi) is 8.97. The number of fused-ring (bicyclic) bond motifs is 7. The fourth-order valence-corrected chi connectivity index (χ4v) is 12.4. The molecule has 10 atom stereocenters. The van der Waals surface area contributed by atoms with Crippen LogP contribution in [0.2, 0.25) is 0 Å². The molecule has 1 aromatic carbocycles. The van der Waals surface area contributed by atoms with Crippen molar-refractivity contribution >= 4 is 24.0 Å². The first-order valence-corrected chi connectivity index (χ1v) is 18.6. The van der Waals surface area contributed by atoms with Gasteiger partial charge in [-0.3, -0.25) is 9.59 Å². The first kappa shape index (κ1) is 35.7. The predicted molar refractivity (Wildman–Crippen MR) is 190 cm³/mol. The number of esters is 2. The van der Waals surface area contributed by atoms with Gasteiger partial charge < -0.3 is 19.3 Å². The highest BCUT2D eigenvalue weighted by molar-refractivity contribution is 5.87. The number of carboxylic acids is 1. The van der Waals surface area contributed by atoms with Crippen molar-refractivity contribution in [3.05, 3.63) is 41.5 Å². The summed E-state index contributed by atoms with van der Waals surface area (Å²) in [6, 6.07) is 5.15. The summed E-state index contributed by atoms with van der Waals surface area (Å²) in [5, 5.41) is 10.7. The van der Waals surface area contributed by atoms with Crippen LogP contribution in [0.3, 0.4) is 0 Å². The van der Waals surface area contributed by atoms with Gasteiger partial charge in [-0.25, -0.2) is 4.79 Å². The van der Waals surface area contributed by atoms with E-state index in [1.807, 2.05) is 0 Å². The van der Waals surface area contributed by atoms with E-state index in [1.54, 1.807) is 24.3 Å². The van der Waals surface area contributed by atoms with E-state index in [4.69, 9.17) is 14.2 Å². The van der Waals surface area contributed by atoms with Crippen LogP contribution in [-0.4, -0.2) is 36.2 Å². The second kappa shape index (κ2) is 12.3. The molecular formula is C42H58O7. The van der Waals surface area contributed by atoms with E-state index in [-0.39, 0.29) is 39.7 Å². The molecule has 1 aromatic rings. The molecule has 7 nitrogen and oxygen atoms in total. The lowest BCUT2D eigenvalue weighted by Gasteiger charge is -2.71. The third-order valence-corrected chi connectivity index (χ3v) is 15.5. The Morgan fingerprint density at radius 3 is 2.31 bits per heavy atom. The lowest BCUT2D eigenvalue weighted by atomic mass is 9.33. The monoisotopic (exact) mass is 674 g/mol. The molecule has 268 valence electrons. The lowest BCUT2D eigenvalue weighted by molar-refractivity contribution is -0.213. The minimum atomic E-state index is -0.626. The number of carbonyl (C=O) groups is 3. The van der Waals surface area contributed by atoms with Crippen LogP contribution >= 0.6 is 0 Å². The number of benzene rings is 1. The van der Waals surface area contributed by atoms with Crippen LogP contribution in [0.1, 0.15) is 119 Å². The van der Waals surface area contributed by atoms with Crippen molar-refractivity contribution in [1.29, 1.82) is 0 Å². The number of aliphatic carboxylic acids is 1.